The average Bonchev–Trinajstić information content (AvgIpc) is 2.52. The van der Waals surface area contributed by atoms with Crippen molar-refractivity contribution in [3.63, 3.8) is 0 Å². The number of piperazine rings is 1. The van der Waals surface area contributed by atoms with Gasteiger partial charge >= 0.3 is 0 Å². The van der Waals surface area contributed by atoms with Crippen LogP contribution in [-0.4, -0.2) is 56.0 Å². The van der Waals surface area contributed by atoms with Gasteiger partial charge in [-0.1, -0.05) is 11.6 Å². The van der Waals surface area contributed by atoms with E-state index in [1.165, 1.54) is 12.6 Å². The highest BCUT2D eigenvalue weighted by molar-refractivity contribution is 14.0. The summed E-state index contributed by atoms with van der Waals surface area (Å²) >= 11 is 5.91. The van der Waals surface area contributed by atoms with Gasteiger partial charge in [-0.15, -0.1) is 24.0 Å². The summed E-state index contributed by atoms with van der Waals surface area (Å²) in [6.45, 7) is 5.95. The van der Waals surface area contributed by atoms with Crippen molar-refractivity contribution in [2.24, 2.45) is 10.7 Å². The maximum atomic E-state index is 10.8. The first-order valence-corrected chi connectivity index (χ1v) is 7.74. The summed E-state index contributed by atoms with van der Waals surface area (Å²) in [5, 5.41) is 3.45. The molecule has 0 bridgehead atoms. The molecule has 1 heterocycles. The molecule has 3 N–H and O–H groups in total. The molecule has 0 saturated carbocycles. The maximum absolute atomic E-state index is 10.8. The summed E-state index contributed by atoms with van der Waals surface area (Å²) in [6.07, 6.45) is 0. The number of amides is 1. The fourth-order valence-corrected chi connectivity index (χ4v) is 2.47. The molecular weight excluding hydrogens is 429 g/mol. The van der Waals surface area contributed by atoms with Crippen LogP contribution >= 0.6 is 35.6 Å². The average molecular weight is 452 g/mol. The molecule has 1 aliphatic rings. The molecule has 0 aromatic heterocycles. The number of halogens is 2. The van der Waals surface area contributed by atoms with Gasteiger partial charge in [0, 0.05) is 50.4 Å². The van der Waals surface area contributed by atoms with Crippen LogP contribution in [0, 0.1) is 0 Å². The molecule has 1 fully saturated rings. The molecule has 0 spiro atoms. The van der Waals surface area contributed by atoms with Gasteiger partial charge in [0.15, 0.2) is 5.96 Å². The quantitative estimate of drug-likeness (QED) is 0.315. The predicted octanol–water partition coefficient (Wildman–Crippen LogP) is 1.53. The lowest BCUT2D eigenvalue weighted by atomic mass is 10.2. The number of nitrogens with zero attached hydrogens (tertiary/aromatic N) is 3. The van der Waals surface area contributed by atoms with Gasteiger partial charge in [-0.3, -0.25) is 9.79 Å². The van der Waals surface area contributed by atoms with Crippen molar-refractivity contribution < 1.29 is 4.79 Å². The molecule has 0 atom stereocenters. The Balaban J connectivity index is 0.00000264. The number of guanidine groups is 1. The number of carbonyl (C=O) groups excluding carboxylic acids is 1. The van der Waals surface area contributed by atoms with E-state index >= 15 is 0 Å². The van der Waals surface area contributed by atoms with Crippen molar-refractivity contribution in [3.05, 3.63) is 29.3 Å². The van der Waals surface area contributed by atoms with Gasteiger partial charge in [-0.25, -0.2) is 0 Å². The fourth-order valence-electron chi connectivity index (χ4n) is 2.35. The molecule has 23 heavy (non-hydrogen) atoms. The van der Waals surface area contributed by atoms with Crippen molar-refractivity contribution in [2.75, 3.05) is 44.2 Å². The largest absolute Gasteiger partial charge is 0.370 e. The Kier molecular flexibility index (Phi) is 8.46. The smallest absolute Gasteiger partial charge is 0.216 e. The van der Waals surface area contributed by atoms with Crippen LogP contribution in [0.2, 0.25) is 5.02 Å². The number of hydrogen-bond donors (Lipinski definition) is 2. The van der Waals surface area contributed by atoms with Crippen LogP contribution in [0.1, 0.15) is 6.92 Å². The SMILES string of the molecule is CC(=O)NCCN=C(N)N1CCN(c2ccc(Cl)cc2)CC1.I. The number of rotatable bonds is 4. The van der Waals surface area contributed by atoms with Crippen LogP contribution < -0.4 is 16.0 Å². The van der Waals surface area contributed by atoms with E-state index in [0.717, 1.165) is 31.2 Å². The van der Waals surface area contributed by atoms with Gasteiger partial charge in [0.1, 0.15) is 0 Å². The third kappa shape index (κ3) is 6.42. The monoisotopic (exact) mass is 451 g/mol. The Bertz CT molecular complexity index is 529. The number of hydrogen-bond acceptors (Lipinski definition) is 3. The van der Waals surface area contributed by atoms with E-state index in [9.17, 15) is 4.79 Å². The topological polar surface area (TPSA) is 74.0 Å². The van der Waals surface area contributed by atoms with Crippen LogP contribution in [0.25, 0.3) is 0 Å². The normalized spacial score (nSPS) is 15.1. The summed E-state index contributed by atoms with van der Waals surface area (Å²) < 4.78 is 0. The van der Waals surface area contributed by atoms with E-state index in [1.54, 1.807) is 0 Å². The molecular formula is C15H23ClIN5O. The lowest BCUT2D eigenvalue weighted by Gasteiger charge is -2.36. The number of nitrogens with one attached hydrogen (secondary N) is 1. The first-order chi connectivity index (χ1) is 10.6. The highest BCUT2D eigenvalue weighted by atomic mass is 127. The maximum Gasteiger partial charge on any atom is 0.216 e. The summed E-state index contributed by atoms with van der Waals surface area (Å²) in [4.78, 5) is 19.4. The van der Waals surface area contributed by atoms with Gasteiger partial charge < -0.3 is 20.9 Å². The van der Waals surface area contributed by atoms with Crippen LogP contribution in [0.4, 0.5) is 5.69 Å². The summed E-state index contributed by atoms with van der Waals surface area (Å²) in [5.74, 6) is 0.492. The second-order valence-corrected chi connectivity index (χ2v) is 5.61. The van der Waals surface area contributed by atoms with E-state index in [0.29, 0.717) is 19.0 Å². The zero-order valence-corrected chi connectivity index (χ0v) is 16.3. The first kappa shape index (κ1) is 19.8. The van der Waals surface area contributed by atoms with Crippen LogP contribution in [0.15, 0.2) is 29.3 Å². The predicted molar refractivity (Wildman–Crippen MR) is 106 cm³/mol. The minimum atomic E-state index is -0.0506. The third-order valence-electron chi connectivity index (χ3n) is 3.55. The molecule has 2 rings (SSSR count). The standard InChI is InChI=1S/C15H22ClN5O.HI/c1-12(22)18-6-7-19-15(17)21-10-8-20(9-11-21)14-4-2-13(16)3-5-14;/h2-5H,6-11H2,1H3,(H2,17,19)(H,18,22);1H. The molecule has 0 unspecified atom stereocenters. The molecule has 1 aromatic carbocycles. The summed E-state index contributed by atoms with van der Waals surface area (Å²) in [5.41, 5.74) is 7.17. The Morgan fingerprint density at radius 1 is 1.26 bits per heavy atom. The van der Waals surface area contributed by atoms with Crippen LogP contribution in [0.5, 0.6) is 0 Å². The highest BCUT2D eigenvalue weighted by Crippen LogP contribution is 2.19. The minimum absolute atomic E-state index is 0. The van der Waals surface area contributed by atoms with Crippen molar-refractivity contribution >= 4 is 53.1 Å². The third-order valence-corrected chi connectivity index (χ3v) is 3.81. The number of anilines is 1. The molecule has 6 nitrogen and oxygen atoms in total. The molecule has 128 valence electrons. The van der Waals surface area contributed by atoms with Crippen LogP contribution in [-0.2, 0) is 4.79 Å². The number of benzene rings is 1. The number of aliphatic imine (C=N–C) groups is 1. The van der Waals surface area contributed by atoms with Crippen LogP contribution in [0.3, 0.4) is 0 Å². The highest BCUT2D eigenvalue weighted by Gasteiger charge is 2.18. The van der Waals surface area contributed by atoms with Crippen molar-refractivity contribution in [2.45, 2.75) is 6.92 Å². The van der Waals surface area contributed by atoms with Gasteiger partial charge in [-0.05, 0) is 24.3 Å². The van der Waals surface area contributed by atoms with E-state index < -0.39 is 0 Å². The van der Waals surface area contributed by atoms with Gasteiger partial charge in [0.2, 0.25) is 5.91 Å². The van der Waals surface area contributed by atoms with E-state index in [1.807, 2.05) is 24.3 Å². The van der Waals surface area contributed by atoms with Crippen molar-refractivity contribution in [3.8, 4) is 0 Å². The molecule has 1 amide bonds. The number of nitrogens with two attached hydrogens (primary N) is 1. The minimum Gasteiger partial charge on any atom is -0.370 e. The zero-order valence-electron chi connectivity index (χ0n) is 13.2. The summed E-state index contributed by atoms with van der Waals surface area (Å²) in [7, 11) is 0. The molecule has 0 radical (unpaired) electrons. The van der Waals surface area contributed by atoms with Gasteiger partial charge in [0.25, 0.3) is 0 Å². The van der Waals surface area contributed by atoms with Gasteiger partial charge in [-0.2, -0.15) is 0 Å². The lowest BCUT2D eigenvalue weighted by molar-refractivity contribution is -0.118. The Hall–Kier alpha value is -1.22. The molecule has 1 saturated heterocycles. The van der Waals surface area contributed by atoms with E-state index in [-0.39, 0.29) is 29.9 Å². The fraction of sp³-hybridized carbons (Fsp3) is 0.467. The summed E-state index contributed by atoms with van der Waals surface area (Å²) in [6, 6.07) is 7.87. The second kappa shape index (κ2) is 9.82. The van der Waals surface area contributed by atoms with Crippen molar-refractivity contribution in [1.82, 2.24) is 10.2 Å². The number of carbonyl (C=O) groups is 1. The van der Waals surface area contributed by atoms with E-state index in [4.69, 9.17) is 17.3 Å². The first-order valence-electron chi connectivity index (χ1n) is 7.36. The Morgan fingerprint density at radius 2 is 1.87 bits per heavy atom. The Labute approximate surface area is 159 Å². The molecule has 0 aliphatic carbocycles. The zero-order chi connectivity index (χ0) is 15.9. The lowest BCUT2D eigenvalue weighted by Crippen LogP contribution is -2.51. The van der Waals surface area contributed by atoms with E-state index in [2.05, 4.69) is 20.1 Å². The van der Waals surface area contributed by atoms with Crippen molar-refractivity contribution in [1.29, 1.82) is 0 Å². The molecule has 8 heteroatoms. The Morgan fingerprint density at radius 3 is 2.43 bits per heavy atom. The second-order valence-electron chi connectivity index (χ2n) is 5.17. The van der Waals surface area contributed by atoms with Gasteiger partial charge in [0.05, 0.1) is 6.54 Å². The molecule has 1 aromatic rings. The molecule has 1 aliphatic heterocycles.